The highest BCUT2D eigenvalue weighted by atomic mass is 19.4. The van der Waals surface area contributed by atoms with E-state index in [1.165, 1.54) is 19.2 Å². The van der Waals surface area contributed by atoms with Crippen LogP contribution in [-0.2, 0) is 17.3 Å². The highest BCUT2D eigenvalue weighted by Crippen LogP contribution is 2.42. The van der Waals surface area contributed by atoms with Crippen LogP contribution < -0.4 is 4.90 Å². The van der Waals surface area contributed by atoms with Gasteiger partial charge in [0.05, 0.1) is 23.9 Å². The topological polar surface area (TPSA) is 29.5 Å². The number of benzene rings is 2. The summed E-state index contributed by atoms with van der Waals surface area (Å²) in [6.45, 7) is 0.438. The minimum atomic E-state index is -4.43. The second-order valence-corrected chi connectivity index (χ2v) is 5.25. The normalized spacial score (nSPS) is 13.8. The summed E-state index contributed by atoms with van der Waals surface area (Å²) in [5, 5.41) is 0. The number of hydrogen-bond acceptors (Lipinski definition) is 3. The van der Waals surface area contributed by atoms with Crippen molar-refractivity contribution in [3.05, 3.63) is 59.2 Å². The molecular weight excluding hydrogens is 307 g/mol. The number of carbonyl (C=O) groups excluding carboxylic acids is 1. The molecule has 0 spiro atoms. The van der Waals surface area contributed by atoms with Gasteiger partial charge in [0.25, 0.3) is 0 Å². The number of hydrogen-bond donors (Lipinski definition) is 0. The molecule has 3 rings (SSSR count). The molecule has 6 heteroatoms. The quantitative estimate of drug-likeness (QED) is 0.777. The van der Waals surface area contributed by atoms with Crippen molar-refractivity contribution in [1.82, 2.24) is 0 Å². The molecule has 2 aromatic carbocycles. The molecule has 0 saturated heterocycles. The fourth-order valence-corrected chi connectivity index (χ4v) is 2.82. The lowest BCUT2D eigenvalue weighted by molar-refractivity contribution is -0.137. The van der Waals surface area contributed by atoms with Crippen LogP contribution >= 0.6 is 0 Å². The Morgan fingerprint density at radius 2 is 1.87 bits per heavy atom. The predicted molar refractivity (Wildman–Crippen MR) is 79.9 cm³/mol. The minimum Gasteiger partial charge on any atom is -0.465 e. The Balaban J connectivity index is 2.08. The fraction of sp³-hybridized carbons (Fsp3) is 0.235. The largest absolute Gasteiger partial charge is 0.465 e. The number of esters is 1. The Labute approximate surface area is 131 Å². The van der Waals surface area contributed by atoms with E-state index in [1.807, 2.05) is 0 Å². The van der Waals surface area contributed by atoms with E-state index in [2.05, 4.69) is 4.74 Å². The van der Waals surface area contributed by atoms with Gasteiger partial charge in [-0.3, -0.25) is 0 Å². The van der Waals surface area contributed by atoms with Gasteiger partial charge in [0.2, 0.25) is 0 Å². The van der Waals surface area contributed by atoms with E-state index < -0.39 is 17.7 Å². The van der Waals surface area contributed by atoms with Gasteiger partial charge in [-0.1, -0.05) is 18.2 Å². The summed E-state index contributed by atoms with van der Waals surface area (Å²) in [6.07, 6.45) is -3.80. The van der Waals surface area contributed by atoms with Crippen LogP contribution in [0.5, 0.6) is 0 Å². The molecule has 23 heavy (non-hydrogen) atoms. The lowest BCUT2D eigenvalue weighted by atomic mass is 10.1. The first kappa shape index (κ1) is 15.4. The second-order valence-electron chi connectivity index (χ2n) is 5.25. The molecule has 2 aromatic rings. The molecule has 0 saturated carbocycles. The fourth-order valence-electron chi connectivity index (χ4n) is 2.82. The van der Waals surface area contributed by atoms with E-state index in [1.54, 1.807) is 29.2 Å². The summed E-state index contributed by atoms with van der Waals surface area (Å²) in [5.74, 6) is -0.510. The van der Waals surface area contributed by atoms with Crippen LogP contribution in [0.1, 0.15) is 21.5 Å². The number of alkyl halides is 3. The summed E-state index contributed by atoms with van der Waals surface area (Å²) in [5.41, 5.74) is 1.26. The van der Waals surface area contributed by atoms with Crippen molar-refractivity contribution in [2.75, 3.05) is 18.6 Å². The molecule has 0 bridgehead atoms. The molecule has 1 aliphatic rings. The number of para-hydroxylation sites is 1. The van der Waals surface area contributed by atoms with E-state index in [4.69, 9.17) is 0 Å². The molecule has 1 aliphatic heterocycles. The minimum absolute atomic E-state index is 0.0979. The third-order valence-electron chi connectivity index (χ3n) is 3.90. The number of rotatable bonds is 2. The van der Waals surface area contributed by atoms with Crippen molar-refractivity contribution in [3.8, 4) is 0 Å². The molecule has 0 aliphatic carbocycles. The van der Waals surface area contributed by atoms with Crippen LogP contribution in [0.4, 0.5) is 24.5 Å². The van der Waals surface area contributed by atoms with E-state index in [0.717, 1.165) is 11.6 Å². The molecule has 1 heterocycles. The van der Waals surface area contributed by atoms with Gasteiger partial charge in [0.15, 0.2) is 0 Å². The maximum atomic E-state index is 13.2. The Hall–Kier alpha value is -2.50. The van der Waals surface area contributed by atoms with Gasteiger partial charge in [-0.15, -0.1) is 0 Å². The SMILES string of the molecule is COC(=O)c1ccc2c(c1)N(c1ccccc1C(F)(F)F)CC2. The van der Waals surface area contributed by atoms with Gasteiger partial charge < -0.3 is 9.64 Å². The van der Waals surface area contributed by atoms with Gasteiger partial charge in [0, 0.05) is 12.2 Å². The average molecular weight is 321 g/mol. The smallest absolute Gasteiger partial charge is 0.418 e. The number of halogens is 3. The Bertz CT molecular complexity index is 756. The number of anilines is 2. The summed E-state index contributed by atoms with van der Waals surface area (Å²) in [6, 6.07) is 10.4. The summed E-state index contributed by atoms with van der Waals surface area (Å²) in [7, 11) is 1.27. The molecule has 0 aromatic heterocycles. The van der Waals surface area contributed by atoms with Gasteiger partial charge in [-0.25, -0.2) is 4.79 Å². The monoisotopic (exact) mass is 321 g/mol. The highest BCUT2D eigenvalue weighted by Gasteiger charge is 2.36. The average Bonchev–Trinajstić information content (AvgIpc) is 2.96. The number of carbonyl (C=O) groups is 1. The number of methoxy groups -OCH3 is 1. The Morgan fingerprint density at radius 3 is 2.57 bits per heavy atom. The van der Waals surface area contributed by atoms with Crippen molar-refractivity contribution >= 4 is 17.3 Å². The van der Waals surface area contributed by atoms with E-state index in [-0.39, 0.29) is 5.69 Å². The van der Waals surface area contributed by atoms with Gasteiger partial charge >= 0.3 is 12.1 Å². The van der Waals surface area contributed by atoms with Gasteiger partial charge in [0.1, 0.15) is 0 Å². The molecule has 0 atom stereocenters. The van der Waals surface area contributed by atoms with Crippen LogP contribution in [0, 0.1) is 0 Å². The second kappa shape index (κ2) is 5.61. The van der Waals surface area contributed by atoms with Crippen LogP contribution in [0.3, 0.4) is 0 Å². The maximum absolute atomic E-state index is 13.2. The van der Waals surface area contributed by atoms with Crippen LogP contribution in [0.2, 0.25) is 0 Å². The molecule has 120 valence electrons. The molecule has 0 N–H and O–H groups in total. The zero-order chi connectivity index (χ0) is 16.6. The van der Waals surface area contributed by atoms with Gasteiger partial charge in [-0.2, -0.15) is 13.2 Å². The van der Waals surface area contributed by atoms with Crippen LogP contribution in [0.15, 0.2) is 42.5 Å². The number of fused-ring (bicyclic) bond motifs is 1. The van der Waals surface area contributed by atoms with Crippen molar-refractivity contribution in [3.63, 3.8) is 0 Å². The van der Waals surface area contributed by atoms with Crippen LogP contribution in [-0.4, -0.2) is 19.6 Å². The lowest BCUT2D eigenvalue weighted by Crippen LogP contribution is -2.19. The summed E-state index contributed by atoms with van der Waals surface area (Å²) in [4.78, 5) is 13.3. The first-order chi connectivity index (χ1) is 10.9. The first-order valence-electron chi connectivity index (χ1n) is 7.07. The highest BCUT2D eigenvalue weighted by molar-refractivity contribution is 5.91. The van der Waals surface area contributed by atoms with Crippen molar-refractivity contribution in [2.24, 2.45) is 0 Å². The van der Waals surface area contributed by atoms with Gasteiger partial charge in [-0.05, 0) is 36.2 Å². The van der Waals surface area contributed by atoms with E-state index >= 15 is 0 Å². The zero-order valence-electron chi connectivity index (χ0n) is 12.4. The van der Waals surface area contributed by atoms with Crippen LogP contribution in [0.25, 0.3) is 0 Å². The van der Waals surface area contributed by atoms with Crippen molar-refractivity contribution in [2.45, 2.75) is 12.6 Å². The van der Waals surface area contributed by atoms with E-state index in [9.17, 15) is 18.0 Å². The maximum Gasteiger partial charge on any atom is 0.418 e. The Kier molecular flexibility index (Phi) is 3.75. The number of ether oxygens (including phenoxy) is 1. The lowest BCUT2D eigenvalue weighted by Gasteiger charge is -2.24. The first-order valence-corrected chi connectivity index (χ1v) is 7.07. The van der Waals surface area contributed by atoms with Crippen molar-refractivity contribution in [1.29, 1.82) is 0 Å². The molecule has 0 radical (unpaired) electrons. The zero-order valence-corrected chi connectivity index (χ0v) is 12.4. The molecular formula is C17H14F3NO2. The molecule has 0 unspecified atom stereocenters. The summed E-state index contributed by atoms with van der Waals surface area (Å²) >= 11 is 0. The van der Waals surface area contributed by atoms with E-state index in [0.29, 0.717) is 24.2 Å². The Morgan fingerprint density at radius 1 is 1.13 bits per heavy atom. The standard InChI is InChI=1S/C17H14F3NO2/c1-23-16(22)12-7-6-11-8-9-21(15(11)10-12)14-5-3-2-4-13(14)17(18,19)20/h2-7,10H,8-9H2,1H3. The molecule has 0 amide bonds. The summed E-state index contributed by atoms with van der Waals surface area (Å²) < 4.78 is 44.4. The van der Waals surface area contributed by atoms with Crippen molar-refractivity contribution < 1.29 is 22.7 Å². The molecule has 3 nitrogen and oxygen atoms in total. The molecule has 0 fully saturated rings. The number of nitrogens with zero attached hydrogens (tertiary/aromatic N) is 1. The predicted octanol–water partition coefficient (Wildman–Crippen LogP) is 4.19. The third-order valence-corrected chi connectivity index (χ3v) is 3.90. The third kappa shape index (κ3) is 2.76.